The van der Waals surface area contributed by atoms with Crippen LogP contribution in [0.2, 0.25) is 0 Å². The predicted molar refractivity (Wildman–Crippen MR) is 103 cm³/mol. The van der Waals surface area contributed by atoms with Crippen molar-refractivity contribution in [3.05, 3.63) is 35.5 Å². The number of likely N-dealkylation sites (tertiary alicyclic amines) is 1. The summed E-state index contributed by atoms with van der Waals surface area (Å²) < 4.78 is 11.2. The van der Waals surface area contributed by atoms with Crippen molar-refractivity contribution in [3.8, 4) is 17.1 Å². The van der Waals surface area contributed by atoms with Crippen molar-refractivity contribution in [2.45, 2.75) is 33.3 Å². The third kappa shape index (κ3) is 3.86. The maximum atomic E-state index is 12.5. The number of aromatic nitrogens is 1. The molecular formula is C21H27N3O3. The standard InChI is InChI=1S/C21H27N3O3/c1-14-10-15(2)12-24(11-14)9-5-8-22-21(25)19-17-13-26-18-7-4-3-6-16(18)20(17)27-23-19/h3-4,6-7,14-15H,5,8-13H2,1-2H3,(H,22,25)/t14-,15-/m1/s1. The van der Waals surface area contributed by atoms with E-state index in [2.05, 4.69) is 29.2 Å². The van der Waals surface area contributed by atoms with Gasteiger partial charge in [0.25, 0.3) is 5.91 Å². The van der Waals surface area contributed by atoms with Gasteiger partial charge in [0, 0.05) is 19.6 Å². The molecule has 1 saturated heterocycles. The second-order valence-electron chi connectivity index (χ2n) is 7.94. The van der Waals surface area contributed by atoms with Gasteiger partial charge in [-0.2, -0.15) is 0 Å². The number of nitrogens with zero attached hydrogens (tertiary/aromatic N) is 2. The van der Waals surface area contributed by atoms with E-state index in [1.807, 2.05) is 24.3 Å². The lowest BCUT2D eigenvalue weighted by molar-refractivity contribution is 0.0936. The van der Waals surface area contributed by atoms with E-state index < -0.39 is 0 Å². The zero-order chi connectivity index (χ0) is 18.8. The highest BCUT2D eigenvalue weighted by atomic mass is 16.5. The zero-order valence-corrected chi connectivity index (χ0v) is 16.0. The molecule has 6 nitrogen and oxygen atoms in total. The molecule has 2 aliphatic rings. The predicted octanol–water partition coefficient (Wildman–Crippen LogP) is 3.33. The average Bonchev–Trinajstić information content (AvgIpc) is 3.09. The molecule has 1 aromatic heterocycles. The van der Waals surface area contributed by atoms with E-state index in [0.717, 1.165) is 54.8 Å². The van der Waals surface area contributed by atoms with E-state index in [4.69, 9.17) is 9.26 Å². The Morgan fingerprint density at radius 3 is 2.85 bits per heavy atom. The number of rotatable bonds is 5. The molecule has 6 heteroatoms. The molecule has 2 aliphatic heterocycles. The first kappa shape index (κ1) is 18.0. The summed E-state index contributed by atoms with van der Waals surface area (Å²) in [6.07, 6.45) is 2.25. The largest absolute Gasteiger partial charge is 0.488 e. The molecule has 1 aromatic carbocycles. The van der Waals surface area contributed by atoms with Crippen molar-refractivity contribution in [2.24, 2.45) is 11.8 Å². The Bertz CT molecular complexity index is 807. The van der Waals surface area contributed by atoms with Gasteiger partial charge in [-0.1, -0.05) is 31.1 Å². The molecule has 1 N–H and O–H groups in total. The van der Waals surface area contributed by atoms with E-state index in [9.17, 15) is 4.79 Å². The molecule has 0 aliphatic carbocycles. The monoisotopic (exact) mass is 369 g/mol. The quantitative estimate of drug-likeness (QED) is 0.819. The number of ether oxygens (including phenoxy) is 1. The Labute approximate surface area is 159 Å². The molecule has 0 spiro atoms. The van der Waals surface area contributed by atoms with Gasteiger partial charge in [-0.05, 0) is 43.4 Å². The second-order valence-corrected chi connectivity index (χ2v) is 7.94. The van der Waals surface area contributed by atoms with Gasteiger partial charge in [0.2, 0.25) is 0 Å². The molecule has 144 valence electrons. The number of amides is 1. The smallest absolute Gasteiger partial charge is 0.273 e. The van der Waals surface area contributed by atoms with E-state index >= 15 is 0 Å². The summed E-state index contributed by atoms with van der Waals surface area (Å²) in [7, 11) is 0. The van der Waals surface area contributed by atoms with Crippen LogP contribution in [0.25, 0.3) is 11.3 Å². The summed E-state index contributed by atoms with van der Waals surface area (Å²) in [5.74, 6) is 2.72. The summed E-state index contributed by atoms with van der Waals surface area (Å²) in [6, 6.07) is 7.64. The van der Waals surface area contributed by atoms with Crippen LogP contribution >= 0.6 is 0 Å². The van der Waals surface area contributed by atoms with Crippen LogP contribution < -0.4 is 10.1 Å². The molecule has 1 fully saturated rings. The van der Waals surface area contributed by atoms with Crippen molar-refractivity contribution in [2.75, 3.05) is 26.2 Å². The van der Waals surface area contributed by atoms with E-state index in [1.54, 1.807) is 0 Å². The summed E-state index contributed by atoms with van der Waals surface area (Å²) in [6.45, 7) is 8.91. The fourth-order valence-electron chi connectivity index (χ4n) is 4.33. The first-order chi connectivity index (χ1) is 13.1. The number of carbonyl (C=O) groups is 1. The molecule has 27 heavy (non-hydrogen) atoms. The first-order valence-corrected chi connectivity index (χ1v) is 9.83. The van der Waals surface area contributed by atoms with Gasteiger partial charge in [0.05, 0.1) is 11.1 Å². The third-order valence-electron chi connectivity index (χ3n) is 5.39. The maximum absolute atomic E-state index is 12.5. The van der Waals surface area contributed by atoms with E-state index in [0.29, 0.717) is 24.6 Å². The number of hydrogen-bond donors (Lipinski definition) is 1. The molecule has 1 amide bonds. The van der Waals surface area contributed by atoms with Crippen molar-refractivity contribution in [1.29, 1.82) is 0 Å². The van der Waals surface area contributed by atoms with Gasteiger partial charge >= 0.3 is 0 Å². The number of nitrogens with one attached hydrogen (secondary N) is 1. The van der Waals surface area contributed by atoms with Gasteiger partial charge < -0.3 is 19.5 Å². The van der Waals surface area contributed by atoms with E-state index in [-0.39, 0.29) is 5.91 Å². The molecular weight excluding hydrogens is 342 g/mol. The zero-order valence-electron chi connectivity index (χ0n) is 16.0. The maximum Gasteiger partial charge on any atom is 0.273 e. The van der Waals surface area contributed by atoms with Crippen LogP contribution in [-0.4, -0.2) is 42.1 Å². The fourth-order valence-corrected chi connectivity index (χ4v) is 4.33. The molecule has 0 unspecified atom stereocenters. The minimum atomic E-state index is -0.191. The molecule has 2 atom stereocenters. The van der Waals surface area contributed by atoms with Crippen LogP contribution in [0.3, 0.4) is 0 Å². The van der Waals surface area contributed by atoms with Crippen LogP contribution in [0.4, 0.5) is 0 Å². The van der Waals surface area contributed by atoms with Crippen molar-refractivity contribution in [3.63, 3.8) is 0 Å². The summed E-state index contributed by atoms with van der Waals surface area (Å²) >= 11 is 0. The van der Waals surface area contributed by atoms with Gasteiger partial charge in [-0.3, -0.25) is 4.79 Å². The molecule has 0 bridgehead atoms. The first-order valence-electron chi connectivity index (χ1n) is 9.83. The summed E-state index contributed by atoms with van der Waals surface area (Å²) in [5.41, 5.74) is 1.91. The molecule has 0 radical (unpaired) electrons. The summed E-state index contributed by atoms with van der Waals surface area (Å²) in [4.78, 5) is 15.0. The summed E-state index contributed by atoms with van der Waals surface area (Å²) in [5, 5.41) is 6.99. The second kappa shape index (κ2) is 7.72. The van der Waals surface area contributed by atoms with Crippen LogP contribution in [0.5, 0.6) is 5.75 Å². The topological polar surface area (TPSA) is 67.6 Å². The van der Waals surface area contributed by atoms with Gasteiger partial charge in [0.1, 0.15) is 12.4 Å². The van der Waals surface area contributed by atoms with Crippen molar-refractivity contribution >= 4 is 5.91 Å². The average molecular weight is 369 g/mol. The van der Waals surface area contributed by atoms with Crippen LogP contribution in [0, 0.1) is 11.8 Å². The number of fused-ring (bicyclic) bond motifs is 3. The van der Waals surface area contributed by atoms with E-state index in [1.165, 1.54) is 6.42 Å². The molecule has 2 aromatic rings. The minimum absolute atomic E-state index is 0.191. The number of piperidine rings is 1. The minimum Gasteiger partial charge on any atom is -0.488 e. The SMILES string of the molecule is C[C@@H]1C[C@@H](C)CN(CCCNC(=O)c2noc3c2COc2ccccc2-3)C1. The Morgan fingerprint density at radius 2 is 2.04 bits per heavy atom. The van der Waals surface area contributed by atoms with Gasteiger partial charge in [0.15, 0.2) is 11.5 Å². The van der Waals surface area contributed by atoms with Gasteiger partial charge in [-0.25, -0.2) is 0 Å². The highest BCUT2D eigenvalue weighted by Crippen LogP contribution is 2.38. The number of para-hydroxylation sites is 1. The van der Waals surface area contributed by atoms with Crippen molar-refractivity contribution < 1.29 is 14.1 Å². The van der Waals surface area contributed by atoms with Crippen LogP contribution in [0.15, 0.2) is 28.8 Å². The lowest BCUT2D eigenvalue weighted by atomic mass is 9.92. The molecule has 0 saturated carbocycles. The number of carbonyl (C=O) groups excluding carboxylic acids is 1. The number of hydrogen-bond acceptors (Lipinski definition) is 5. The highest BCUT2D eigenvalue weighted by Gasteiger charge is 2.28. The fraction of sp³-hybridized carbons (Fsp3) is 0.524. The van der Waals surface area contributed by atoms with Gasteiger partial charge in [-0.15, -0.1) is 0 Å². The Kier molecular flexibility index (Phi) is 5.16. The van der Waals surface area contributed by atoms with Crippen LogP contribution in [-0.2, 0) is 6.61 Å². The Morgan fingerprint density at radius 1 is 1.26 bits per heavy atom. The van der Waals surface area contributed by atoms with Crippen LogP contribution in [0.1, 0.15) is 42.7 Å². The molecule has 4 rings (SSSR count). The Balaban J connectivity index is 1.32. The normalized spacial score (nSPS) is 21.9. The lowest BCUT2D eigenvalue weighted by Gasteiger charge is -2.34. The molecule has 3 heterocycles. The third-order valence-corrected chi connectivity index (χ3v) is 5.39. The number of benzene rings is 1. The lowest BCUT2D eigenvalue weighted by Crippen LogP contribution is -2.40. The Hall–Kier alpha value is -2.34. The van der Waals surface area contributed by atoms with Crippen molar-refractivity contribution in [1.82, 2.24) is 15.4 Å². The highest BCUT2D eigenvalue weighted by molar-refractivity contribution is 5.95.